The minimum atomic E-state index is 0.0181. The molecule has 0 saturated carbocycles. The molecule has 0 unspecified atom stereocenters. The van der Waals surface area contributed by atoms with E-state index in [-0.39, 0.29) is 18.8 Å². The van der Waals surface area contributed by atoms with Crippen LogP contribution in [0.5, 0.6) is 5.75 Å². The van der Waals surface area contributed by atoms with Crippen molar-refractivity contribution in [3.63, 3.8) is 0 Å². The van der Waals surface area contributed by atoms with Crippen molar-refractivity contribution in [3.8, 4) is 5.75 Å². The van der Waals surface area contributed by atoms with E-state index in [4.69, 9.17) is 19.3 Å². The first-order valence-corrected chi connectivity index (χ1v) is 6.21. The highest BCUT2D eigenvalue weighted by molar-refractivity contribution is 5.26. The average molecular weight is 252 g/mol. The monoisotopic (exact) mass is 252 g/mol. The van der Waals surface area contributed by atoms with Gasteiger partial charge in [0.05, 0.1) is 33.0 Å². The fraction of sp³-hybridized carbons (Fsp3) is 0.571. The number of ether oxygens (including phenoxy) is 3. The van der Waals surface area contributed by atoms with Crippen molar-refractivity contribution in [2.75, 3.05) is 20.3 Å². The highest BCUT2D eigenvalue weighted by Crippen LogP contribution is 2.29. The number of methoxy groups -OCH3 is 1. The predicted molar refractivity (Wildman–Crippen MR) is 67.6 cm³/mol. The third-order valence-corrected chi connectivity index (χ3v) is 3.17. The van der Waals surface area contributed by atoms with Crippen LogP contribution in [0.3, 0.4) is 0 Å². The largest absolute Gasteiger partial charge is 0.497 e. The van der Waals surface area contributed by atoms with Crippen LogP contribution in [0.1, 0.15) is 12.5 Å². The molecule has 4 heteroatoms. The second kappa shape index (κ2) is 6.18. The standard InChI is InChI=1S/C14H20O4/c1-10(14-13(7-15)18-14)8-17-9-11-3-5-12(16-2)6-4-11/h3-6,10,13-15H,7-9H2,1-2H3/t10-,13-,14-/m0/s1. The topological polar surface area (TPSA) is 51.2 Å². The van der Waals surface area contributed by atoms with Gasteiger partial charge in [-0.3, -0.25) is 0 Å². The van der Waals surface area contributed by atoms with Gasteiger partial charge in [0.25, 0.3) is 0 Å². The Morgan fingerprint density at radius 1 is 1.33 bits per heavy atom. The fourth-order valence-electron chi connectivity index (χ4n) is 1.98. The van der Waals surface area contributed by atoms with Gasteiger partial charge in [-0.1, -0.05) is 19.1 Å². The molecule has 100 valence electrons. The smallest absolute Gasteiger partial charge is 0.118 e. The molecule has 1 fully saturated rings. The van der Waals surface area contributed by atoms with Gasteiger partial charge in [-0.25, -0.2) is 0 Å². The van der Waals surface area contributed by atoms with E-state index in [2.05, 4.69) is 6.92 Å². The second-order valence-electron chi connectivity index (χ2n) is 4.66. The third-order valence-electron chi connectivity index (χ3n) is 3.17. The minimum Gasteiger partial charge on any atom is -0.497 e. The van der Waals surface area contributed by atoms with E-state index in [1.165, 1.54) is 0 Å². The van der Waals surface area contributed by atoms with Gasteiger partial charge >= 0.3 is 0 Å². The minimum absolute atomic E-state index is 0.0181. The summed E-state index contributed by atoms with van der Waals surface area (Å²) in [6.45, 7) is 3.42. The normalized spacial score (nSPS) is 23.7. The number of aliphatic hydroxyl groups excluding tert-OH is 1. The Bertz CT molecular complexity index is 363. The van der Waals surface area contributed by atoms with Crippen LogP contribution in [0, 0.1) is 5.92 Å². The molecule has 0 amide bonds. The van der Waals surface area contributed by atoms with E-state index in [0.29, 0.717) is 19.1 Å². The number of rotatable bonds is 7. The van der Waals surface area contributed by atoms with E-state index in [0.717, 1.165) is 11.3 Å². The van der Waals surface area contributed by atoms with Crippen LogP contribution in [-0.2, 0) is 16.1 Å². The van der Waals surface area contributed by atoms with Crippen molar-refractivity contribution < 1.29 is 19.3 Å². The Morgan fingerprint density at radius 2 is 2.06 bits per heavy atom. The van der Waals surface area contributed by atoms with Gasteiger partial charge < -0.3 is 19.3 Å². The van der Waals surface area contributed by atoms with Crippen LogP contribution < -0.4 is 4.74 Å². The first kappa shape index (κ1) is 13.3. The maximum Gasteiger partial charge on any atom is 0.118 e. The van der Waals surface area contributed by atoms with Crippen molar-refractivity contribution >= 4 is 0 Å². The fourth-order valence-corrected chi connectivity index (χ4v) is 1.98. The lowest BCUT2D eigenvalue weighted by Gasteiger charge is -2.10. The molecule has 18 heavy (non-hydrogen) atoms. The van der Waals surface area contributed by atoms with Crippen LogP contribution >= 0.6 is 0 Å². The summed E-state index contributed by atoms with van der Waals surface area (Å²) < 4.78 is 16.1. The summed E-state index contributed by atoms with van der Waals surface area (Å²) in [7, 11) is 1.65. The Morgan fingerprint density at radius 3 is 2.61 bits per heavy atom. The molecular formula is C14H20O4. The summed E-state index contributed by atoms with van der Waals surface area (Å²) in [5.74, 6) is 1.17. The van der Waals surface area contributed by atoms with E-state index in [9.17, 15) is 0 Å². The van der Waals surface area contributed by atoms with Gasteiger partial charge in [0.2, 0.25) is 0 Å². The summed E-state index contributed by atoms with van der Waals surface area (Å²) in [4.78, 5) is 0. The summed E-state index contributed by atoms with van der Waals surface area (Å²) in [5, 5.41) is 8.90. The van der Waals surface area contributed by atoms with Crippen molar-refractivity contribution in [2.45, 2.75) is 25.7 Å². The SMILES string of the molecule is COc1ccc(COC[C@H](C)[C@@H]2O[C@H]2CO)cc1. The molecule has 1 aromatic carbocycles. The molecule has 1 saturated heterocycles. The molecule has 2 rings (SSSR count). The Labute approximate surface area is 107 Å². The number of hydrogen-bond acceptors (Lipinski definition) is 4. The summed E-state index contributed by atoms with van der Waals surface area (Å²) in [6, 6.07) is 7.84. The van der Waals surface area contributed by atoms with Crippen LogP contribution in [0.2, 0.25) is 0 Å². The highest BCUT2D eigenvalue weighted by Gasteiger charge is 2.42. The van der Waals surface area contributed by atoms with E-state index in [1.54, 1.807) is 7.11 Å². The number of hydrogen-bond donors (Lipinski definition) is 1. The lowest BCUT2D eigenvalue weighted by molar-refractivity contribution is 0.0824. The number of epoxide rings is 1. The Balaban J connectivity index is 1.68. The molecule has 0 bridgehead atoms. The molecule has 1 aliphatic heterocycles. The molecule has 0 spiro atoms. The second-order valence-corrected chi connectivity index (χ2v) is 4.66. The third kappa shape index (κ3) is 3.45. The van der Waals surface area contributed by atoms with Crippen molar-refractivity contribution in [1.29, 1.82) is 0 Å². The molecule has 3 atom stereocenters. The van der Waals surface area contributed by atoms with Crippen LogP contribution in [-0.4, -0.2) is 37.6 Å². The molecule has 1 N–H and O–H groups in total. The quantitative estimate of drug-likeness (QED) is 0.749. The molecular weight excluding hydrogens is 232 g/mol. The summed E-state index contributed by atoms with van der Waals surface area (Å²) >= 11 is 0. The Kier molecular flexibility index (Phi) is 4.58. The van der Waals surface area contributed by atoms with Gasteiger partial charge in [-0.15, -0.1) is 0 Å². The van der Waals surface area contributed by atoms with Gasteiger partial charge in [0.15, 0.2) is 0 Å². The lowest BCUT2D eigenvalue weighted by atomic mass is 10.1. The van der Waals surface area contributed by atoms with Crippen LogP contribution in [0.4, 0.5) is 0 Å². The maximum absolute atomic E-state index is 8.90. The van der Waals surface area contributed by atoms with Crippen molar-refractivity contribution in [1.82, 2.24) is 0 Å². The maximum atomic E-state index is 8.90. The lowest BCUT2D eigenvalue weighted by Crippen LogP contribution is -2.15. The molecule has 4 nitrogen and oxygen atoms in total. The molecule has 0 aromatic heterocycles. The highest BCUT2D eigenvalue weighted by atomic mass is 16.6. The van der Waals surface area contributed by atoms with Gasteiger partial charge in [-0.2, -0.15) is 0 Å². The summed E-state index contributed by atoms with van der Waals surface area (Å²) in [6.07, 6.45) is 0.176. The van der Waals surface area contributed by atoms with E-state index >= 15 is 0 Å². The van der Waals surface area contributed by atoms with Crippen LogP contribution in [0.25, 0.3) is 0 Å². The molecule has 1 aromatic rings. The molecule has 1 heterocycles. The molecule has 0 aliphatic carbocycles. The van der Waals surface area contributed by atoms with E-state index < -0.39 is 0 Å². The zero-order chi connectivity index (χ0) is 13.0. The van der Waals surface area contributed by atoms with E-state index in [1.807, 2.05) is 24.3 Å². The average Bonchev–Trinajstić information content (AvgIpc) is 3.19. The predicted octanol–water partition coefficient (Wildman–Crippen LogP) is 1.61. The number of benzene rings is 1. The van der Waals surface area contributed by atoms with Crippen LogP contribution in [0.15, 0.2) is 24.3 Å². The van der Waals surface area contributed by atoms with Gasteiger partial charge in [0.1, 0.15) is 11.9 Å². The zero-order valence-electron chi connectivity index (χ0n) is 10.8. The first-order valence-electron chi connectivity index (χ1n) is 6.21. The molecule has 0 radical (unpaired) electrons. The van der Waals surface area contributed by atoms with Gasteiger partial charge in [-0.05, 0) is 17.7 Å². The number of aliphatic hydroxyl groups is 1. The van der Waals surface area contributed by atoms with Gasteiger partial charge in [0, 0.05) is 5.92 Å². The van der Waals surface area contributed by atoms with Crippen molar-refractivity contribution in [3.05, 3.63) is 29.8 Å². The first-order chi connectivity index (χ1) is 8.74. The van der Waals surface area contributed by atoms with Crippen molar-refractivity contribution in [2.24, 2.45) is 5.92 Å². The molecule has 1 aliphatic rings. The zero-order valence-corrected chi connectivity index (χ0v) is 10.8. The summed E-state index contributed by atoms with van der Waals surface area (Å²) in [5.41, 5.74) is 1.12. The Hall–Kier alpha value is -1.10.